The molecule has 1 heterocycles. The molecule has 4 aromatic rings. The lowest BCUT2D eigenvalue weighted by atomic mass is 9.80. The van der Waals surface area contributed by atoms with Gasteiger partial charge in [0.25, 0.3) is 0 Å². The van der Waals surface area contributed by atoms with Crippen LogP contribution in [0.15, 0.2) is 124 Å². The molecule has 1 aliphatic carbocycles. The maximum Gasteiger partial charge on any atom is 0.180 e. The fourth-order valence-corrected chi connectivity index (χ4v) is 4.37. The van der Waals surface area contributed by atoms with Gasteiger partial charge in [0.15, 0.2) is 11.6 Å². The van der Waals surface area contributed by atoms with Gasteiger partial charge >= 0.3 is 0 Å². The van der Waals surface area contributed by atoms with E-state index in [-0.39, 0.29) is 11.6 Å². The second-order valence-electron chi connectivity index (χ2n) is 8.12. The maximum atomic E-state index is 14.1. The molecule has 5 rings (SSSR count). The molecule has 3 aromatic carbocycles. The molecule has 0 N–H and O–H groups in total. The summed E-state index contributed by atoms with van der Waals surface area (Å²) in [6.45, 7) is 0. The number of fused-ring (bicyclic) bond motifs is 1. The SMILES string of the molecule is O=C1c2ccccc2\C(=N/N=C\C=C\c2ccco2)[C@H]1C(=O)C(c1ccccc1)c1ccccc1. The number of allylic oxidation sites excluding steroid dienone is 1. The first-order valence-electron chi connectivity index (χ1n) is 11.3. The van der Waals surface area contributed by atoms with Gasteiger partial charge in [-0.15, -0.1) is 0 Å². The van der Waals surface area contributed by atoms with E-state index in [9.17, 15) is 9.59 Å². The molecule has 5 heteroatoms. The van der Waals surface area contributed by atoms with E-state index >= 15 is 0 Å². The van der Waals surface area contributed by atoms with Crippen molar-refractivity contribution < 1.29 is 14.0 Å². The molecule has 1 atom stereocenters. The Hall–Kier alpha value is -4.64. The molecule has 0 spiro atoms. The molecule has 5 nitrogen and oxygen atoms in total. The van der Waals surface area contributed by atoms with Crippen LogP contribution < -0.4 is 0 Å². The van der Waals surface area contributed by atoms with Crippen molar-refractivity contribution in [1.29, 1.82) is 0 Å². The molecule has 0 fully saturated rings. The number of hydrogen-bond acceptors (Lipinski definition) is 5. The standard InChI is InChI=1S/C30H22N2O3/c33-29-25-18-8-7-17-24(25)28(32-31-19-9-15-23-16-10-20-35-23)27(29)30(34)26(21-11-3-1-4-12-21)22-13-5-2-6-14-22/h1-20,26-27H/b15-9+,31-19-,32-28+/t27-/m1/s1. The fourth-order valence-electron chi connectivity index (χ4n) is 4.37. The van der Waals surface area contributed by atoms with E-state index in [0.717, 1.165) is 11.1 Å². The number of nitrogens with zero attached hydrogens (tertiary/aromatic N) is 2. The van der Waals surface area contributed by atoms with Gasteiger partial charge < -0.3 is 4.42 Å². The lowest BCUT2D eigenvalue weighted by Gasteiger charge is -2.20. The predicted molar refractivity (Wildman–Crippen MR) is 137 cm³/mol. The number of ketones is 2. The van der Waals surface area contributed by atoms with Crippen molar-refractivity contribution in [1.82, 2.24) is 0 Å². The van der Waals surface area contributed by atoms with Crippen molar-refractivity contribution >= 4 is 29.6 Å². The monoisotopic (exact) mass is 458 g/mol. The fraction of sp³-hybridized carbons (Fsp3) is 0.0667. The zero-order valence-corrected chi connectivity index (χ0v) is 18.8. The molecule has 0 unspecified atom stereocenters. The van der Waals surface area contributed by atoms with Crippen LogP contribution in [0.1, 0.15) is 38.7 Å². The first-order chi connectivity index (χ1) is 17.2. The molecule has 0 radical (unpaired) electrons. The highest BCUT2D eigenvalue weighted by molar-refractivity contribution is 6.38. The Bertz CT molecular complexity index is 1380. The summed E-state index contributed by atoms with van der Waals surface area (Å²) in [6, 6.07) is 29.9. The summed E-state index contributed by atoms with van der Waals surface area (Å²) in [7, 11) is 0. The highest BCUT2D eigenvalue weighted by atomic mass is 16.3. The lowest BCUT2D eigenvalue weighted by molar-refractivity contribution is -0.120. The Morgan fingerprint density at radius 2 is 1.43 bits per heavy atom. The molecule has 0 bridgehead atoms. The van der Waals surface area contributed by atoms with Crippen molar-refractivity contribution in [3.63, 3.8) is 0 Å². The Kier molecular flexibility index (Phi) is 6.39. The average Bonchev–Trinajstić information content (AvgIpc) is 3.52. The first-order valence-corrected chi connectivity index (χ1v) is 11.3. The van der Waals surface area contributed by atoms with E-state index < -0.39 is 11.8 Å². The van der Waals surface area contributed by atoms with Crippen molar-refractivity contribution in [2.45, 2.75) is 5.92 Å². The highest BCUT2D eigenvalue weighted by Gasteiger charge is 2.44. The maximum absolute atomic E-state index is 14.1. The Morgan fingerprint density at radius 3 is 2.06 bits per heavy atom. The van der Waals surface area contributed by atoms with Crippen molar-refractivity contribution in [3.8, 4) is 0 Å². The van der Waals surface area contributed by atoms with E-state index in [1.54, 1.807) is 36.6 Å². The Labute approximate surface area is 203 Å². The van der Waals surface area contributed by atoms with Crippen LogP contribution in [-0.2, 0) is 4.79 Å². The first kappa shape index (κ1) is 22.2. The van der Waals surface area contributed by atoms with Crippen LogP contribution in [0.25, 0.3) is 6.08 Å². The second-order valence-corrected chi connectivity index (χ2v) is 8.12. The van der Waals surface area contributed by atoms with Gasteiger partial charge in [-0.25, -0.2) is 0 Å². The second kappa shape index (κ2) is 10.1. The zero-order chi connectivity index (χ0) is 24.0. The number of benzene rings is 3. The smallest absolute Gasteiger partial charge is 0.180 e. The number of carbonyl (C=O) groups excluding carboxylic acids is 2. The average molecular weight is 459 g/mol. The van der Waals surface area contributed by atoms with E-state index in [4.69, 9.17) is 4.42 Å². The van der Waals surface area contributed by atoms with Gasteiger partial charge in [-0.05, 0) is 35.4 Å². The molecule has 0 saturated heterocycles. The van der Waals surface area contributed by atoms with Gasteiger partial charge in [-0.3, -0.25) is 9.59 Å². The molecule has 170 valence electrons. The predicted octanol–water partition coefficient (Wildman–Crippen LogP) is 5.98. The van der Waals surface area contributed by atoms with Crippen molar-refractivity contribution in [2.24, 2.45) is 16.1 Å². The lowest BCUT2D eigenvalue weighted by Crippen LogP contribution is -2.31. The van der Waals surface area contributed by atoms with Crippen molar-refractivity contribution in [2.75, 3.05) is 0 Å². The molecule has 1 aromatic heterocycles. The van der Waals surface area contributed by atoms with Crippen molar-refractivity contribution in [3.05, 3.63) is 137 Å². The van der Waals surface area contributed by atoms with Crippen LogP contribution in [-0.4, -0.2) is 23.5 Å². The number of hydrogen-bond donors (Lipinski definition) is 0. The molecular weight excluding hydrogens is 436 g/mol. The van der Waals surface area contributed by atoms with Gasteiger partial charge in [0.1, 0.15) is 11.7 Å². The quantitative estimate of drug-likeness (QED) is 0.194. The molecule has 35 heavy (non-hydrogen) atoms. The zero-order valence-electron chi connectivity index (χ0n) is 18.8. The van der Waals surface area contributed by atoms with Crippen LogP contribution in [0.2, 0.25) is 0 Å². The summed E-state index contributed by atoms with van der Waals surface area (Å²) < 4.78 is 5.26. The van der Waals surface area contributed by atoms with Gasteiger partial charge in [-0.1, -0.05) is 84.9 Å². The van der Waals surface area contributed by atoms with Gasteiger partial charge in [0.2, 0.25) is 0 Å². The van der Waals surface area contributed by atoms with Gasteiger partial charge in [0.05, 0.1) is 17.9 Å². The highest BCUT2D eigenvalue weighted by Crippen LogP contribution is 2.35. The number of carbonyl (C=O) groups is 2. The summed E-state index contributed by atoms with van der Waals surface area (Å²) in [5.41, 5.74) is 3.16. The third kappa shape index (κ3) is 4.57. The minimum absolute atomic E-state index is 0.219. The van der Waals surface area contributed by atoms with Gasteiger partial charge in [0, 0.05) is 17.3 Å². The summed E-state index contributed by atoms with van der Waals surface area (Å²) in [5.74, 6) is -1.42. The molecule has 0 saturated carbocycles. The van der Waals surface area contributed by atoms with E-state index in [1.165, 1.54) is 6.21 Å². The third-order valence-electron chi connectivity index (χ3n) is 5.96. The summed E-state index contributed by atoms with van der Waals surface area (Å²) >= 11 is 0. The van der Waals surface area contributed by atoms with Gasteiger partial charge in [-0.2, -0.15) is 10.2 Å². The van der Waals surface area contributed by atoms with Crippen LogP contribution in [0.3, 0.4) is 0 Å². The molecular formula is C30H22N2O3. The summed E-state index contributed by atoms with van der Waals surface area (Å²) in [5, 5.41) is 8.52. The van der Waals surface area contributed by atoms with Crippen LogP contribution >= 0.6 is 0 Å². The van der Waals surface area contributed by atoms with E-state index in [2.05, 4.69) is 10.2 Å². The summed E-state index contributed by atoms with van der Waals surface area (Å²) in [4.78, 5) is 27.6. The van der Waals surface area contributed by atoms with Crippen LogP contribution in [0.5, 0.6) is 0 Å². The number of furan rings is 1. The third-order valence-corrected chi connectivity index (χ3v) is 5.96. The van der Waals surface area contributed by atoms with Crippen LogP contribution in [0.4, 0.5) is 0 Å². The topological polar surface area (TPSA) is 72.0 Å². The number of rotatable bonds is 7. The van der Waals surface area contributed by atoms with E-state index in [1.807, 2.05) is 78.9 Å². The Balaban J connectivity index is 1.54. The molecule has 0 aliphatic heterocycles. The molecule has 1 aliphatic rings. The minimum Gasteiger partial charge on any atom is -0.465 e. The van der Waals surface area contributed by atoms with Crippen LogP contribution in [0, 0.1) is 5.92 Å². The number of Topliss-reactive ketones (excluding diaryl/α,β-unsaturated/α-hetero) is 2. The summed E-state index contributed by atoms with van der Waals surface area (Å²) in [6.07, 6.45) is 6.54. The largest absolute Gasteiger partial charge is 0.465 e. The molecule has 0 amide bonds. The van der Waals surface area contributed by atoms with E-state index in [0.29, 0.717) is 22.6 Å². The minimum atomic E-state index is -1.04. The Morgan fingerprint density at radius 1 is 0.800 bits per heavy atom. The normalized spacial score (nSPS) is 16.5.